The molecule has 2 aliphatic heterocycles. The van der Waals surface area contributed by atoms with Gasteiger partial charge in [0.15, 0.2) is 5.17 Å². The van der Waals surface area contributed by atoms with Crippen LogP contribution in [0.1, 0.15) is 30.3 Å². The highest BCUT2D eigenvalue weighted by molar-refractivity contribution is 8.14. The van der Waals surface area contributed by atoms with Crippen LogP contribution in [0.15, 0.2) is 65.8 Å². The molecule has 0 amide bonds. The lowest BCUT2D eigenvalue weighted by molar-refractivity contribution is 0.323. The Morgan fingerprint density at radius 3 is 2.63 bits per heavy atom. The lowest BCUT2D eigenvalue weighted by Crippen LogP contribution is -2.28. The molecule has 1 aromatic heterocycles. The normalized spacial score (nSPS) is 24.1. The molecule has 2 aliphatic rings. The summed E-state index contributed by atoms with van der Waals surface area (Å²) >= 11 is 1.87. The zero-order valence-corrected chi connectivity index (χ0v) is 16.2. The van der Waals surface area contributed by atoms with Crippen molar-refractivity contribution in [1.82, 2.24) is 9.88 Å². The third-order valence-corrected chi connectivity index (χ3v) is 6.44. The van der Waals surface area contributed by atoms with E-state index in [1.807, 2.05) is 30.1 Å². The van der Waals surface area contributed by atoms with Crippen molar-refractivity contribution in [1.29, 1.82) is 0 Å². The molecule has 0 saturated carbocycles. The highest BCUT2D eigenvalue weighted by atomic mass is 32.2. The van der Waals surface area contributed by atoms with Crippen LogP contribution in [-0.4, -0.2) is 34.0 Å². The number of nitrogens with zero attached hydrogens (tertiary/aromatic N) is 3. The van der Waals surface area contributed by atoms with Gasteiger partial charge < -0.3 is 9.64 Å². The van der Waals surface area contributed by atoms with E-state index < -0.39 is 0 Å². The van der Waals surface area contributed by atoms with E-state index in [0.717, 1.165) is 28.5 Å². The maximum atomic E-state index is 5.60. The van der Waals surface area contributed by atoms with E-state index in [4.69, 9.17) is 9.73 Å². The van der Waals surface area contributed by atoms with Crippen molar-refractivity contribution in [2.24, 2.45) is 4.99 Å². The lowest BCUT2D eigenvalue weighted by Gasteiger charge is -2.28. The molecule has 1 fully saturated rings. The Morgan fingerprint density at radius 1 is 1.04 bits per heavy atom. The Hall–Kier alpha value is -2.53. The molecular weight excluding hydrogens is 354 g/mol. The second-order valence-corrected chi connectivity index (χ2v) is 8.45. The summed E-state index contributed by atoms with van der Waals surface area (Å²) in [6.45, 7) is 3.28. The van der Waals surface area contributed by atoms with Gasteiger partial charge >= 0.3 is 0 Å². The van der Waals surface area contributed by atoms with Gasteiger partial charge in [-0.05, 0) is 29.1 Å². The molecule has 27 heavy (non-hydrogen) atoms. The number of fused-ring (bicyclic) bond motifs is 2. The van der Waals surface area contributed by atoms with Crippen LogP contribution in [0.3, 0.4) is 0 Å². The number of aromatic nitrogens is 1. The third-order valence-electron chi connectivity index (χ3n) is 5.34. The number of hydrogen-bond acceptors (Lipinski definition) is 5. The van der Waals surface area contributed by atoms with Crippen molar-refractivity contribution in [3.05, 3.63) is 72.1 Å². The molecular formula is C22H21N3OS. The maximum absolute atomic E-state index is 5.60. The highest BCUT2D eigenvalue weighted by Crippen LogP contribution is 2.49. The van der Waals surface area contributed by atoms with Gasteiger partial charge in [-0.15, -0.1) is 0 Å². The average molecular weight is 375 g/mol. The van der Waals surface area contributed by atoms with E-state index in [9.17, 15) is 0 Å². The van der Waals surface area contributed by atoms with Crippen LogP contribution >= 0.6 is 11.8 Å². The summed E-state index contributed by atoms with van der Waals surface area (Å²) in [5.41, 5.74) is 2.31. The van der Waals surface area contributed by atoms with E-state index in [1.165, 1.54) is 10.9 Å². The summed E-state index contributed by atoms with van der Waals surface area (Å²) in [5, 5.41) is 4.07. The van der Waals surface area contributed by atoms with E-state index in [2.05, 4.69) is 59.3 Å². The van der Waals surface area contributed by atoms with Crippen molar-refractivity contribution >= 4 is 27.7 Å². The fourth-order valence-electron chi connectivity index (χ4n) is 4.18. The summed E-state index contributed by atoms with van der Waals surface area (Å²) in [6.07, 6.45) is 1.86. The maximum Gasteiger partial charge on any atom is 0.160 e. The molecule has 2 aromatic carbocycles. The molecule has 0 N–H and O–H groups in total. The van der Waals surface area contributed by atoms with Gasteiger partial charge in [0.05, 0.1) is 18.8 Å². The van der Waals surface area contributed by atoms with Crippen molar-refractivity contribution in [2.45, 2.75) is 24.3 Å². The molecule has 3 aromatic rings. The van der Waals surface area contributed by atoms with Crippen molar-refractivity contribution in [3.63, 3.8) is 0 Å². The number of rotatable bonds is 3. The Kier molecular flexibility index (Phi) is 4.05. The molecule has 5 rings (SSSR count). The summed E-state index contributed by atoms with van der Waals surface area (Å²) in [7, 11) is 1.73. The SMILES string of the molecule is COc1ccc([C@@H]2[C@@H](c3ccccn3)N=C3S[C@@H](C)CN32)c2ccccc12. The predicted octanol–water partition coefficient (Wildman–Crippen LogP) is 4.83. The summed E-state index contributed by atoms with van der Waals surface area (Å²) in [6, 6.07) is 19.0. The third kappa shape index (κ3) is 2.69. The first-order valence-corrected chi connectivity index (χ1v) is 10.1. The van der Waals surface area contributed by atoms with Crippen LogP contribution in [0.2, 0.25) is 0 Å². The van der Waals surface area contributed by atoms with E-state index in [1.54, 1.807) is 7.11 Å². The van der Waals surface area contributed by atoms with Gasteiger partial charge in [-0.25, -0.2) is 0 Å². The Morgan fingerprint density at radius 2 is 1.85 bits per heavy atom. The minimum absolute atomic E-state index is 0.0120. The monoisotopic (exact) mass is 375 g/mol. The summed E-state index contributed by atoms with van der Waals surface area (Å²) in [4.78, 5) is 12.2. The van der Waals surface area contributed by atoms with Crippen LogP contribution < -0.4 is 4.74 Å². The number of thioether (sulfide) groups is 1. The van der Waals surface area contributed by atoms with E-state index in [0.29, 0.717) is 5.25 Å². The van der Waals surface area contributed by atoms with Gasteiger partial charge in [0, 0.05) is 23.4 Å². The van der Waals surface area contributed by atoms with Gasteiger partial charge in [-0.2, -0.15) is 0 Å². The largest absolute Gasteiger partial charge is 0.496 e. The molecule has 136 valence electrons. The van der Waals surface area contributed by atoms with Crippen molar-refractivity contribution < 1.29 is 4.74 Å². The number of aliphatic imine (C=N–C) groups is 1. The van der Waals surface area contributed by atoms with Crippen molar-refractivity contribution in [3.8, 4) is 5.75 Å². The van der Waals surface area contributed by atoms with Gasteiger partial charge in [-0.3, -0.25) is 9.98 Å². The van der Waals surface area contributed by atoms with E-state index in [-0.39, 0.29) is 12.1 Å². The zero-order chi connectivity index (χ0) is 18.4. The minimum Gasteiger partial charge on any atom is -0.496 e. The Bertz CT molecular complexity index is 1020. The minimum atomic E-state index is 0.0120. The molecule has 0 bridgehead atoms. The molecule has 4 nitrogen and oxygen atoms in total. The fourth-order valence-corrected chi connectivity index (χ4v) is 5.28. The first-order valence-electron chi connectivity index (χ1n) is 9.24. The first-order chi connectivity index (χ1) is 13.3. The number of ether oxygens (including phenoxy) is 1. The molecule has 1 saturated heterocycles. The number of hydrogen-bond donors (Lipinski definition) is 0. The molecule has 5 heteroatoms. The Balaban J connectivity index is 1.69. The molecule has 0 aliphatic carbocycles. The standard InChI is InChI=1S/C22H21N3OS/c1-14-13-25-21(20(24-22(25)27-14)18-9-5-6-12-23-18)17-10-11-19(26-2)16-8-4-3-7-15(16)17/h3-12,14,20-21H,13H2,1-2H3/t14-,20+,21+/m0/s1. The van der Waals surface area contributed by atoms with Crippen LogP contribution in [0, 0.1) is 0 Å². The van der Waals surface area contributed by atoms with Crippen molar-refractivity contribution in [2.75, 3.05) is 13.7 Å². The lowest BCUT2D eigenvalue weighted by atomic mass is 9.91. The topological polar surface area (TPSA) is 37.7 Å². The highest BCUT2D eigenvalue weighted by Gasteiger charge is 2.44. The zero-order valence-electron chi connectivity index (χ0n) is 15.4. The van der Waals surface area contributed by atoms with Gasteiger partial charge in [0.1, 0.15) is 11.8 Å². The number of amidine groups is 1. The van der Waals surface area contributed by atoms with Gasteiger partial charge in [0.2, 0.25) is 0 Å². The molecule has 3 atom stereocenters. The quantitative estimate of drug-likeness (QED) is 0.657. The molecule has 3 heterocycles. The summed E-state index contributed by atoms with van der Waals surface area (Å²) in [5.74, 6) is 0.909. The van der Waals surface area contributed by atoms with Crippen LogP contribution in [0.4, 0.5) is 0 Å². The predicted molar refractivity (Wildman–Crippen MR) is 111 cm³/mol. The smallest absolute Gasteiger partial charge is 0.160 e. The average Bonchev–Trinajstić information content (AvgIpc) is 3.24. The van der Waals surface area contributed by atoms with Crippen LogP contribution in [-0.2, 0) is 0 Å². The van der Waals surface area contributed by atoms with Crippen LogP contribution in [0.5, 0.6) is 5.75 Å². The van der Waals surface area contributed by atoms with E-state index >= 15 is 0 Å². The number of methoxy groups -OCH3 is 1. The molecule has 0 unspecified atom stereocenters. The van der Waals surface area contributed by atoms with Gasteiger partial charge in [-0.1, -0.05) is 55.1 Å². The second kappa shape index (κ2) is 6.57. The summed E-state index contributed by atoms with van der Waals surface area (Å²) < 4.78 is 5.60. The second-order valence-electron chi connectivity index (χ2n) is 7.04. The van der Waals surface area contributed by atoms with Gasteiger partial charge in [0.25, 0.3) is 0 Å². The first kappa shape index (κ1) is 16.6. The number of pyridine rings is 1. The molecule has 0 spiro atoms. The van der Waals surface area contributed by atoms with Crippen LogP contribution in [0.25, 0.3) is 10.8 Å². The Labute approximate surface area is 163 Å². The fraction of sp³-hybridized carbons (Fsp3) is 0.273. The molecule has 0 radical (unpaired) electrons. The number of benzene rings is 2.